The molecule has 4 aromatic rings. The number of methoxy groups -OCH3 is 1. The summed E-state index contributed by atoms with van der Waals surface area (Å²) >= 11 is 0. The fourth-order valence-corrected chi connectivity index (χ4v) is 11.2. The number of anilines is 1. The molecule has 0 radical (unpaired) electrons. The number of aryl methyl sites for hydroxylation is 3. The van der Waals surface area contributed by atoms with Crippen LogP contribution in [-0.2, 0) is 43.3 Å². The number of piperidine rings is 1. The molecule has 9 atom stereocenters. The number of hydrogen-bond donors (Lipinski definition) is 7. The standard InChI is InChI=1S/C60H82FN9O13/c1-33-18-16-19-34(2)57(77)64-49-43(30-63-69-27-21-41(22-28-69)62-24-14-12-11-13-15-26-70-31-42(66-67-70)20-17-25-68-32-44(61)58(78)65-59(68)79)52(74)46-47(53(49)75)51(73)39(7)55-48(46)56(76)60(9,83-55)81-29-23-45(80-10)37(5)54(82-40(8)71)38(6)50(72)36(4)35(33)3/h16,18-19,23,29-33,35-38,41,45,50,54,62,72-75H,11-15,17,20-22,24-28H2,1-10H3,(H,64,77)(H,65,78,79)/b18-16+,29-23+,34-19-,63-30+/t33-,35-,36+,37+,38+,45-,50+,54+,60-/m0/s1. The number of halogens is 1. The number of phenolic OH excluding ortho intramolecular Hbond substituents is 3. The molecule has 23 heteroatoms. The maximum absolute atomic E-state index is 14.7. The van der Waals surface area contributed by atoms with Gasteiger partial charge in [-0.25, -0.2) is 4.79 Å². The van der Waals surface area contributed by atoms with Gasteiger partial charge in [-0.2, -0.15) is 9.49 Å². The molecule has 0 spiro atoms. The van der Waals surface area contributed by atoms with E-state index in [1.54, 1.807) is 29.8 Å². The molecule has 2 aromatic heterocycles. The first kappa shape index (κ1) is 63.2. The third kappa shape index (κ3) is 14.7. The highest BCUT2D eigenvalue weighted by atomic mass is 19.1. The molecule has 2 aromatic carbocycles. The lowest BCUT2D eigenvalue weighted by atomic mass is 9.75. The number of nitrogens with zero attached hydrogens (tertiary/aromatic N) is 6. The lowest BCUT2D eigenvalue weighted by Gasteiger charge is -2.38. The Balaban J connectivity index is 1.03. The number of phenols is 3. The van der Waals surface area contributed by atoms with Crippen LogP contribution in [0.4, 0.5) is 10.1 Å². The van der Waals surface area contributed by atoms with Crippen LogP contribution in [0.3, 0.4) is 0 Å². The number of unbranched alkanes of at least 4 members (excludes halogenated alkanes) is 4. The van der Waals surface area contributed by atoms with E-state index in [0.29, 0.717) is 25.9 Å². The molecule has 22 nitrogen and oxygen atoms in total. The van der Waals surface area contributed by atoms with E-state index in [1.807, 2.05) is 56.9 Å². The number of esters is 1. The van der Waals surface area contributed by atoms with Crippen molar-refractivity contribution in [1.82, 2.24) is 34.9 Å². The van der Waals surface area contributed by atoms with E-state index in [2.05, 4.69) is 20.9 Å². The summed E-state index contributed by atoms with van der Waals surface area (Å²) in [4.78, 5) is 66.4. The van der Waals surface area contributed by atoms with E-state index < -0.39 is 87.9 Å². The Bertz CT molecular complexity index is 3230. The van der Waals surface area contributed by atoms with Crippen LogP contribution in [0, 0.1) is 42.3 Å². The van der Waals surface area contributed by atoms with Crippen molar-refractivity contribution in [3.05, 3.63) is 97.6 Å². The first-order chi connectivity index (χ1) is 39.5. The van der Waals surface area contributed by atoms with Crippen LogP contribution >= 0.6 is 0 Å². The molecule has 1 saturated heterocycles. The van der Waals surface area contributed by atoms with E-state index in [4.69, 9.17) is 24.0 Å². The van der Waals surface area contributed by atoms with Crippen molar-refractivity contribution in [1.29, 1.82) is 0 Å². The number of nitrogens with one attached hydrogen (secondary N) is 3. The number of fused-ring (bicyclic) bond motifs is 14. The van der Waals surface area contributed by atoms with Gasteiger partial charge >= 0.3 is 17.4 Å². The van der Waals surface area contributed by atoms with Crippen molar-refractivity contribution in [2.75, 3.05) is 32.1 Å². The number of aliphatic hydroxyl groups is 1. The molecule has 1 amide bonds. The Kier molecular flexibility index (Phi) is 21.2. The van der Waals surface area contributed by atoms with Crippen LogP contribution in [0.15, 0.2) is 63.2 Å². The van der Waals surface area contributed by atoms with Gasteiger partial charge < -0.3 is 50.0 Å². The highest BCUT2D eigenvalue weighted by Crippen LogP contribution is 2.55. The number of Topliss-reactive ketones (excluding diaryl/α,β-unsaturated/α-hetero) is 1. The van der Waals surface area contributed by atoms with E-state index in [0.717, 1.165) is 74.5 Å². The zero-order valence-electron chi connectivity index (χ0n) is 49.2. The van der Waals surface area contributed by atoms with Gasteiger partial charge in [0.25, 0.3) is 17.2 Å². The molecule has 0 aliphatic carbocycles. The quantitative estimate of drug-likeness (QED) is 0.0180. The maximum atomic E-state index is 14.7. The van der Waals surface area contributed by atoms with Gasteiger partial charge in [0.1, 0.15) is 23.4 Å². The number of benzene rings is 2. The third-order valence-electron chi connectivity index (χ3n) is 16.8. The monoisotopic (exact) mass is 1160 g/mol. The molecular formula is C60H82FN9O13. The minimum atomic E-state index is -2.06. The first-order valence-corrected chi connectivity index (χ1v) is 28.8. The van der Waals surface area contributed by atoms with Gasteiger partial charge in [0.2, 0.25) is 5.82 Å². The second kappa shape index (κ2) is 27.8. The number of aromatic hydroxyl groups is 3. The Morgan fingerprint density at radius 2 is 1.63 bits per heavy atom. The minimum absolute atomic E-state index is 0.0555. The Morgan fingerprint density at radius 3 is 2.34 bits per heavy atom. The number of aromatic amines is 1. The lowest BCUT2D eigenvalue weighted by Crippen LogP contribution is -2.45. The van der Waals surface area contributed by atoms with Gasteiger partial charge in [-0.05, 0) is 82.7 Å². The zero-order valence-corrected chi connectivity index (χ0v) is 49.2. The summed E-state index contributed by atoms with van der Waals surface area (Å²) in [6.07, 6.45) is 17.4. The number of hydrogen-bond acceptors (Lipinski definition) is 18. The van der Waals surface area contributed by atoms with Crippen molar-refractivity contribution in [3.63, 3.8) is 0 Å². The second-order valence-corrected chi connectivity index (χ2v) is 22.7. The topological polar surface area (TPSA) is 294 Å². The molecule has 452 valence electrons. The Hall–Kier alpha value is -7.37. The molecule has 4 aliphatic heterocycles. The molecule has 5 bridgehead atoms. The molecule has 0 unspecified atom stereocenters. The van der Waals surface area contributed by atoms with Gasteiger partial charge in [-0.3, -0.25) is 38.4 Å². The van der Waals surface area contributed by atoms with E-state index in [-0.39, 0.29) is 74.8 Å². The molecule has 83 heavy (non-hydrogen) atoms. The highest BCUT2D eigenvalue weighted by molar-refractivity contribution is 6.23. The molecule has 4 aliphatic rings. The zero-order chi connectivity index (χ0) is 60.4. The van der Waals surface area contributed by atoms with Crippen LogP contribution in [0.2, 0.25) is 0 Å². The molecule has 6 heterocycles. The van der Waals surface area contributed by atoms with E-state index in [1.165, 1.54) is 40.4 Å². The van der Waals surface area contributed by atoms with E-state index >= 15 is 0 Å². The smallest absolute Gasteiger partial charge is 0.328 e. The molecule has 0 saturated carbocycles. The van der Waals surface area contributed by atoms with E-state index in [9.17, 15) is 48.8 Å². The normalized spacial score (nSPS) is 26.2. The van der Waals surface area contributed by atoms with Crippen molar-refractivity contribution in [2.24, 2.45) is 34.7 Å². The van der Waals surface area contributed by atoms with Crippen LogP contribution in [0.5, 0.6) is 23.0 Å². The second-order valence-electron chi connectivity index (χ2n) is 22.7. The number of aromatic nitrogens is 5. The summed E-state index contributed by atoms with van der Waals surface area (Å²) < 4.78 is 40.5. The van der Waals surface area contributed by atoms with Crippen LogP contribution in [0.25, 0.3) is 10.8 Å². The number of H-pyrrole nitrogens is 1. The fourth-order valence-electron chi connectivity index (χ4n) is 11.2. The van der Waals surface area contributed by atoms with Crippen LogP contribution in [0.1, 0.15) is 134 Å². The van der Waals surface area contributed by atoms with Gasteiger partial charge in [-0.1, -0.05) is 77.3 Å². The Morgan fingerprint density at radius 1 is 0.916 bits per heavy atom. The number of allylic oxidation sites excluding steroid dienone is 3. The molecular weight excluding hydrogens is 1070 g/mol. The van der Waals surface area contributed by atoms with Crippen molar-refractivity contribution in [3.8, 4) is 23.0 Å². The number of rotatable bonds is 17. The number of ether oxygens (including phenoxy) is 4. The SMILES string of the molecule is CO[C@H]1/C=C/O[C@@]2(C)Oc3c(C)c(O)c4c(O)c(c(/C=N/N5CCC(NCCCCCCCn6cc(CCCn7cc(F)c(=O)[nH]c7=O)nn6)CC5)c(O)c4c3C2=O)NC(=O)/C(C)=C\C=C\[C@H](C)[C@H](C)[C@@H](C)[C@@H](O)[C@@H](C)[C@H](OC(C)=O)[C@@H]1C. The summed E-state index contributed by atoms with van der Waals surface area (Å²) in [6, 6.07) is 0.243. The van der Waals surface area contributed by atoms with Gasteiger partial charge in [0, 0.05) is 87.7 Å². The lowest BCUT2D eigenvalue weighted by molar-refractivity contribution is -0.159. The molecule has 8 rings (SSSR count). The van der Waals surface area contributed by atoms with Gasteiger partial charge in [0.05, 0.1) is 58.8 Å². The largest absolute Gasteiger partial charge is 0.507 e. The molecule has 7 N–H and O–H groups in total. The van der Waals surface area contributed by atoms with Gasteiger partial charge in [-0.15, -0.1) is 5.10 Å². The predicted molar refractivity (Wildman–Crippen MR) is 310 cm³/mol. The number of aliphatic hydroxyl groups excluding tert-OH is 1. The van der Waals surface area contributed by atoms with Crippen LogP contribution in [-0.4, -0.2) is 131 Å². The van der Waals surface area contributed by atoms with Crippen molar-refractivity contribution >= 4 is 40.3 Å². The van der Waals surface area contributed by atoms with Gasteiger partial charge in [0.15, 0.2) is 5.75 Å². The minimum Gasteiger partial charge on any atom is -0.507 e. The fraction of sp³-hybridized carbons (Fsp3) is 0.567. The van der Waals surface area contributed by atoms with Crippen molar-refractivity contribution in [2.45, 2.75) is 163 Å². The summed E-state index contributed by atoms with van der Waals surface area (Å²) in [5, 5.41) is 69.0. The summed E-state index contributed by atoms with van der Waals surface area (Å²) in [5.74, 6) is -8.32. The number of carbonyl (C=O) groups excluding carboxylic acids is 3. The average molecular weight is 1160 g/mol. The number of carbonyl (C=O) groups is 3. The summed E-state index contributed by atoms with van der Waals surface area (Å²) in [6.45, 7) is 18.2. The predicted octanol–water partition coefficient (Wildman–Crippen LogP) is 7.28. The maximum Gasteiger partial charge on any atom is 0.328 e. The Labute approximate surface area is 482 Å². The summed E-state index contributed by atoms with van der Waals surface area (Å²) in [5.41, 5.74) is -1.19. The molecule has 1 fully saturated rings. The average Bonchev–Trinajstić information content (AvgIpc) is 2.85. The number of ketones is 1. The summed E-state index contributed by atoms with van der Waals surface area (Å²) in [7, 11) is 1.47. The van der Waals surface area contributed by atoms with Crippen LogP contribution < -0.4 is 26.6 Å². The highest BCUT2D eigenvalue weighted by Gasteiger charge is 2.50. The van der Waals surface area contributed by atoms with Crippen molar-refractivity contribution < 1.29 is 58.1 Å². The third-order valence-corrected chi connectivity index (χ3v) is 16.8. The number of hydrazone groups is 1. The number of amides is 1. The first-order valence-electron chi connectivity index (χ1n) is 28.8.